The van der Waals surface area contributed by atoms with Gasteiger partial charge in [-0.15, -0.1) is 12.4 Å². The van der Waals surface area contributed by atoms with Gasteiger partial charge >= 0.3 is 0 Å². The summed E-state index contributed by atoms with van der Waals surface area (Å²) in [4.78, 5) is 24.5. The number of hydrogen-bond donors (Lipinski definition) is 2. The number of amides is 2. The van der Waals surface area contributed by atoms with Crippen LogP contribution < -0.4 is 11.1 Å². The zero-order valence-corrected chi connectivity index (χ0v) is 11.9. The number of nitrogens with two attached hydrogens (primary N) is 1. The average Bonchev–Trinajstić information content (AvgIpc) is 2.24. The van der Waals surface area contributed by atoms with Crippen LogP contribution in [-0.2, 0) is 9.59 Å². The molecule has 17 heavy (non-hydrogen) atoms. The first-order chi connectivity index (χ1) is 7.35. The van der Waals surface area contributed by atoms with Gasteiger partial charge in [0, 0.05) is 27.1 Å². The molecule has 0 saturated carbocycles. The summed E-state index contributed by atoms with van der Waals surface area (Å²) in [6.07, 6.45) is 1.82. The Labute approximate surface area is 110 Å². The van der Waals surface area contributed by atoms with E-state index in [0.717, 1.165) is 6.42 Å². The lowest BCUT2D eigenvalue weighted by molar-refractivity contribution is -0.135. The quantitative estimate of drug-likeness (QED) is 0.735. The topological polar surface area (TPSA) is 75.4 Å². The third-order valence-corrected chi connectivity index (χ3v) is 2.56. The Hall–Kier alpha value is -0.810. The standard InChI is InChI=1S/C11H23N3O2.ClH/c1-5-7-11(2,12)10(16)14(4)8-6-9(15)13-3;/h5-8,12H2,1-4H3,(H,13,15);1H. The molecule has 0 aromatic heterocycles. The van der Waals surface area contributed by atoms with Crippen LogP contribution in [0.4, 0.5) is 0 Å². The minimum Gasteiger partial charge on any atom is -0.359 e. The summed E-state index contributed by atoms with van der Waals surface area (Å²) in [5.74, 6) is -0.188. The third-order valence-electron chi connectivity index (χ3n) is 2.56. The van der Waals surface area contributed by atoms with Gasteiger partial charge in [-0.3, -0.25) is 9.59 Å². The van der Waals surface area contributed by atoms with E-state index in [2.05, 4.69) is 5.32 Å². The summed E-state index contributed by atoms with van der Waals surface area (Å²) in [5.41, 5.74) is 5.09. The van der Waals surface area contributed by atoms with Crippen LogP contribution in [0.5, 0.6) is 0 Å². The Morgan fingerprint density at radius 1 is 1.41 bits per heavy atom. The number of nitrogens with zero attached hydrogens (tertiary/aromatic N) is 1. The van der Waals surface area contributed by atoms with Gasteiger partial charge in [-0.05, 0) is 13.3 Å². The van der Waals surface area contributed by atoms with Gasteiger partial charge in [-0.25, -0.2) is 0 Å². The molecule has 0 radical (unpaired) electrons. The average molecular weight is 266 g/mol. The zero-order valence-electron chi connectivity index (χ0n) is 11.1. The predicted molar refractivity (Wildman–Crippen MR) is 71.1 cm³/mol. The number of carbonyl (C=O) groups excluding carboxylic acids is 2. The van der Waals surface area contributed by atoms with Crippen molar-refractivity contribution in [3.8, 4) is 0 Å². The van der Waals surface area contributed by atoms with Crippen molar-refractivity contribution in [2.45, 2.75) is 38.6 Å². The molecule has 3 N–H and O–H groups in total. The normalized spacial score (nSPS) is 13.2. The molecule has 6 heteroatoms. The molecular weight excluding hydrogens is 242 g/mol. The number of rotatable bonds is 6. The maximum absolute atomic E-state index is 11.9. The Morgan fingerprint density at radius 2 is 1.94 bits per heavy atom. The van der Waals surface area contributed by atoms with Crippen LogP contribution in [-0.4, -0.2) is 42.9 Å². The highest BCUT2D eigenvalue weighted by atomic mass is 35.5. The fraction of sp³-hybridized carbons (Fsp3) is 0.818. The van der Waals surface area contributed by atoms with Gasteiger partial charge in [-0.2, -0.15) is 0 Å². The highest BCUT2D eigenvalue weighted by Gasteiger charge is 2.29. The Kier molecular flexibility index (Phi) is 9.06. The molecule has 1 atom stereocenters. The van der Waals surface area contributed by atoms with Gasteiger partial charge in [0.1, 0.15) is 0 Å². The van der Waals surface area contributed by atoms with Gasteiger partial charge in [0.25, 0.3) is 0 Å². The Balaban J connectivity index is 0. The first-order valence-corrected chi connectivity index (χ1v) is 5.60. The molecule has 0 aliphatic heterocycles. The summed E-state index contributed by atoms with van der Waals surface area (Å²) in [6.45, 7) is 4.12. The molecule has 102 valence electrons. The molecule has 0 aliphatic carbocycles. The van der Waals surface area contributed by atoms with E-state index in [-0.39, 0.29) is 24.2 Å². The maximum Gasteiger partial charge on any atom is 0.242 e. The number of carbonyl (C=O) groups is 2. The summed E-state index contributed by atoms with van der Waals surface area (Å²) in [7, 11) is 3.25. The van der Waals surface area contributed by atoms with Crippen LogP contribution in [0.2, 0.25) is 0 Å². The first kappa shape index (κ1) is 18.6. The van der Waals surface area contributed by atoms with Gasteiger partial charge in [-0.1, -0.05) is 13.3 Å². The minimum atomic E-state index is -0.827. The van der Waals surface area contributed by atoms with Gasteiger partial charge in [0.2, 0.25) is 11.8 Å². The lowest BCUT2D eigenvalue weighted by Gasteiger charge is -2.28. The van der Waals surface area contributed by atoms with Gasteiger partial charge in [0.15, 0.2) is 0 Å². The predicted octanol–water partition coefficient (Wildman–Crippen LogP) is 0.520. The van der Waals surface area contributed by atoms with Crippen molar-refractivity contribution in [1.82, 2.24) is 10.2 Å². The third kappa shape index (κ3) is 6.48. The minimum absolute atomic E-state index is 0. The largest absolute Gasteiger partial charge is 0.359 e. The van der Waals surface area contributed by atoms with E-state index < -0.39 is 5.54 Å². The number of halogens is 1. The lowest BCUT2D eigenvalue weighted by atomic mass is 9.96. The van der Waals surface area contributed by atoms with Gasteiger partial charge < -0.3 is 16.0 Å². The van der Waals surface area contributed by atoms with Crippen molar-refractivity contribution in [1.29, 1.82) is 0 Å². The van der Waals surface area contributed by atoms with Crippen molar-refractivity contribution in [3.05, 3.63) is 0 Å². The maximum atomic E-state index is 11.9. The summed E-state index contributed by atoms with van der Waals surface area (Å²) in [6, 6.07) is 0. The second kappa shape index (κ2) is 8.31. The summed E-state index contributed by atoms with van der Waals surface area (Å²) in [5, 5.41) is 2.52. The fourth-order valence-electron chi connectivity index (χ4n) is 1.56. The highest BCUT2D eigenvalue weighted by molar-refractivity contribution is 5.86. The second-order valence-corrected chi connectivity index (χ2v) is 4.32. The molecule has 0 bridgehead atoms. The van der Waals surface area contributed by atoms with Crippen LogP contribution in [0.3, 0.4) is 0 Å². The van der Waals surface area contributed by atoms with Crippen molar-refractivity contribution >= 4 is 24.2 Å². The first-order valence-electron chi connectivity index (χ1n) is 5.60. The fourth-order valence-corrected chi connectivity index (χ4v) is 1.56. The van der Waals surface area contributed by atoms with E-state index in [4.69, 9.17) is 5.73 Å². The smallest absolute Gasteiger partial charge is 0.242 e. The molecule has 2 amide bonds. The molecule has 0 rings (SSSR count). The van der Waals surface area contributed by atoms with E-state index in [0.29, 0.717) is 19.4 Å². The van der Waals surface area contributed by atoms with E-state index >= 15 is 0 Å². The molecular formula is C11H24ClN3O2. The van der Waals surface area contributed by atoms with E-state index in [9.17, 15) is 9.59 Å². The molecule has 0 heterocycles. The molecule has 0 saturated heterocycles. The van der Waals surface area contributed by atoms with E-state index in [1.165, 1.54) is 4.90 Å². The second-order valence-electron chi connectivity index (χ2n) is 4.32. The monoisotopic (exact) mass is 265 g/mol. The van der Waals surface area contributed by atoms with Crippen LogP contribution in [0.25, 0.3) is 0 Å². The SMILES string of the molecule is CCCC(C)(N)C(=O)N(C)CCC(=O)NC.Cl. The van der Waals surface area contributed by atoms with Crippen LogP contribution in [0.15, 0.2) is 0 Å². The van der Waals surface area contributed by atoms with Crippen molar-refractivity contribution in [2.75, 3.05) is 20.6 Å². The number of likely N-dealkylation sites (N-methyl/N-ethyl adjacent to an activating group) is 1. The van der Waals surface area contributed by atoms with Crippen LogP contribution >= 0.6 is 12.4 Å². The van der Waals surface area contributed by atoms with Crippen molar-refractivity contribution in [3.63, 3.8) is 0 Å². The molecule has 0 aromatic rings. The molecule has 0 fully saturated rings. The number of hydrogen-bond acceptors (Lipinski definition) is 3. The molecule has 0 aromatic carbocycles. The lowest BCUT2D eigenvalue weighted by Crippen LogP contribution is -2.52. The van der Waals surface area contributed by atoms with Crippen molar-refractivity contribution in [2.24, 2.45) is 5.73 Å². The van der Waals surface area contributed by atoms with Crippen LogP contribution in [0.1, 0.15) is 33.1 Å². The van der Waals surface area contributed by atoms with Crippen LogP contribution in [0, 0.1) is 0 Å². The zero-order chi connectivity index (χ0) is 12.8. The molecule has 5 nitrogen and oxygen atoms in total. The molecule has 0 spiro atoms. The van der Waals surface area contributed by atoms with Gasteiger partial charge in [0.05, 0.1) is 5.54 Å². The van der Waals surface area contributed by atoms with E-state index in [1.807, 2.05) is 6.92 Å². The Morgan fingerprint density at radius 3 is 2.35 bits per heavy atom. The highest BCUT2D eigenvalue weighted by Crippen LogP contribution is 2.11. The summed E-state index contributed by atoms with van der Waals surface area (Å²) >= 11 is 0. The molecule has 1 unspecified atom stereocenters. The molecule has 0 aliphatic rings. The van der Waals surface area contributed by atoms with Crippen molar-refractivity contribution < 1.29 is 9.59 Å². The van der Waals surface area contributed by atoms with E-state index in [1.54, 1.807) is 21.0 Å². The Bertz CT molecular complexity index is 257. The number of nitrogens with one attached hydrogen (secondary N) is 1. The summed E-state index contributed by atoms with van der Waals surface area (Å²) < 4.78 is 0.